The Morgan fingerprint density at radius 2 is 1.57 bits per heavy atom. The van der Waals surface area contributed by atoms with Gasteiger partial charge in [-0.1, -0.05) is 81.4 Å². The maximum Gasteiger partial charge on any atom is 0.242 e. The van der Waals surface area contributed by atoms with Crippen molar-refractivity contribution < 1.29 is 9.59 Å². The van der Waals surface area contributed by atoms with Crippen molar-refractivity contribution in [2.45, 2.75) is 52.0 Å². The van der Waals surface area contributed by atoms with Crippen LogP contribution in [-0.2, 0) is 21.9 Å². The molecule has 0 spiro atoms. The molecule has 4 nitrogen and oxygen atoms in total. The molecule has 5 heteroatoms. The highest BCUT2D eigenvalue weighted by Crippen LogP contribution is 2.17. The van der Waals surface area contributed by atoms with Crippen molar-refractivity contribution in [2.75, 3.05) is 12.3 Å². The fourth-order valence-corrected chi connectivity index (χ4v) is 4.08. The van der Waals surface area contributed by atoms with Crippen molar-refractivity contribution in [3.63, 3.8) is 0 Å². The minimum atomic E-state index is -0.449. The van der Waals surface area contributed by atoms with Gasteiger partial charge in [0.05, 0.1) is 0 Å². The predicted molar refractivity (Wildman–Crippen MR) is 126 cm³/mol. The molecule has 0 saturated carbocycles. The number of carbonyl (C=O) groups is 2. The maximum atomic E-state index is 13.1. The van der Waals surface area contributed by atoms with Crippen LogP contribution in [0.15, 0.2) is 60.7 Å². The summed E-state index contributed by atoms with van der Waals surface area (Å²) in [4.78, 5) is 27.7. The van der Waals surface area contributed by atoms with Gasteiger partial charge >= 0.3 is 0 Å². The minimum Gasteiger partial charge on any atom is -0.354 e. The molecule has 0 aliphatic heterocycles. The first-order valence-corrected chi connectivity index (χ1v) is 11.9. The van der Waals surface area contributed by atoms with Crippen LogP contribution in [-0.4, -0.2) is 35.1 Å². The molecule has 0 unspecified atom stereocenters. The van der Waals surface area contributed by atoms with Crippen molar-refractivity contribution in [2.24, 2.45) is 5.92 Å². The second-order valence-electron chi connectivity index (χ2n) is 7.86. The Morgan fingerprint density at radius 1 is 0.967 bits per heavy atom. The van der Waals surface area contributed by atoms with Crippen LogP contribution in [0.25, 0.3) is 0 Å². The Kier molecular flexibility index (Phi) is 10.5. The van der Waals surface area contributed by atoms with Crippen LogP contribution >= 0.6 is 11.8 Å². The Morgan fingerprint density at radius 3 is 2.13 bits per heavy atom. The molecule has 0 bridgehead atoms. The Hall–Kier alpha value is -2.27. The molecule has 1 atom stereocenters. The zero-order valence-corrected chi connectivity index (χ0v) is 19.2. The van der Waals surface area contributed by atoms with Crippen LogP contribution < -0.4 is 5.32 Å². The van der Waals surface area contributed by atoms with Crippen LogP contribution in [0.2, 0.25) is 0 Å². The molecule has 2 aromatic rings. The van der Waals surface area contributed by atoms with Gasteiger partial charge < -0.3 is 10.2 Å². The van der Waals surface area contributed by atoms with Crippen LogP contribution in [0.5, 0.6) is 0 Å². The predicted octanol–water partition coefficient (Wildman–Crippen LogP) is 4.89. The second kappa shape index (κ2) is 13.1. The Bertz CT molecular complexity index is 765. The Labute approximate surface area is 185 Å². The SMILES string of the molecule is CC[C@H](C(=O)NCC(C)C)N(Cc1ccccc1)C(=O)CCSCc1ccccc1. The molecule has 2 amide bonds. The number of benzene rings is 2. The van der Waals surface area contributed by atoms with Crippen molar-refractivity contribution in [1.29, 1.82) is 0 Å². The molecular weight excluding hydrogens is 392 g/mol. The van der Waals surface area contributed by atoms with E-state index in [-0.39, 0.29) is 11.8 Å². The quantitative estimate of drug-likeness (QED) is 0.492. The van der Waals surface area contributed by atoms with E-state index >= 15 is 0 Å². The summed E-state index contributed by atoms with van der Waals surface area (Å²) in [6.07, 6.45) is 1.03. The molecule has 0 heterocycles. The molecule has 0 aliphatic rings. The van der Waals surface area contributed by atoms with Gasteiger partial charge in [0.25, 0.3) is 0 Å². The highest BCUT2D eigenvalue weighted by atomic mass is 32.2. The van der Waals surface area contributed by atoms with E-state index in [2.05, 4.69) is 31.3 Å². The first-order valence-electron chi connectivity index (χ1n) is 10.7. The lowest BCUT2D eigenvalue weighted by Gasteiger charge is -2.31. The summed E-state index contributed by atoms with van der Waals surface area (Å²) in [7, 11) is 0. The number of rotatable bonds is 12. The minimum absolute atomic E-state index is 0.0333. The molecule has 30 heavy (non-hydrogen) atoms. The Balaban J connectivity index is 2.01. The van der Waals surface area contributed by atoms with E-state index in [1.807, 2.05) is 55.5 Å². The molecule has 0 saturated heterocycles. The van der Waals surface area contributed by atoms with E-state index in [1.165, 1.54) is 5.56 Å². The van der Waals surface area contributed by atoms with E-state index in [4.69, 9.17) is 0 Å². The summed E-state index contributed by atoms with van der Waals surface area (Å²) >= 11 is 1.75. The summed E-state index contributed by atoms with van der Waals surface area (Å²) in [5.41, 5.74) is 2.30. The summed E-state index contributed by atoms with van der Waals surface area (Å²) in [5, 5.41) is 3.00. The molecule has 0 aromatic heterocycles. The monoisotopic (exact) mass is 426 g/mol. The van der Waals surface area contributed by atoms with Crippen molar-refractivity contribution in [1.82, 2.24) is 10.2 Å². The highest BCUT2D eigenvalue weighted by Gasteiger charge is 2.28. The number of carbonyl (C=O) groups excluding carboxylic acids is 2. The summed E-state index contributed by atoms with van der Waals surface area (Å²) in [6, 6.07) is 19.7. The fraction of sp³-hybridized carbons (Fsp3) is 0.440. The van der Waals surface area contributed by atoms with E-state index < -0.39 is 6.04 Å². The van der Waals surface area contributed by atoms with Gasteiger partial charge in [-0.2, -0.15) is 11.8 Å². The number of hydrogen-bond donors (Lipinski definition) is 1. The lowest BCUT2D eigenvalue weighted by molar-refractivity contribution is -0.141. The normalized spacial score (nSPS) is 11.9. The number of nitrogens with one attached hydrogen (secondary N) is 1. The standard InChI is InChI=1S/C25H34N2O2S/c1-4-23(25(29)26-17-20(2)3)27(18-21-11-7-5-8-12-21)24(28)15-16-30-19-22-13-9-6-10-14-22/h5-14,20,23H,4,15-19H2,1-3H3,(H,26,29)/t23-/m1/s1. The molecule has 1 N–H and O–H groups in total. The average molecular weight is 427 g/mol. The molecule has 2 aromatic carbocycles. The van der Waals surface area contributed by atoms with Crippen molar-refractivity contribution in [3.8, 4) is 0 Å². The van der Waals surface area contributed by atoms with E-state index in [0.29, 0.717) is 31.8 Å². The topological polar surface area (TPSA) is 49.4 Å². The average Bonchev–Trinajstić information content (AvgIpc) is 2.76. The summed E-state index contributed by atoms with van der Waals surface area (Å²) in [5.74, 6) is 1.97. The highest BCUT2D eigenvalue weighted by molar-refractivity contribution is 7.98. The first-order chi connectivity index (χ1) is 14.5. The number of amides is 2. The van der Waals surface area contributed by atoms with Crippen LogP contribution in [0.3, 0.4) is 0 Å². The zero-order chi connectivity index (χ0) is 21.8. The zero-order valence-electron chi connectivity index (χ0n) is 18.3. The third-order valence-electron chi connectivity index (χ3n) is 4.84. The van der Waals surface area contributed by atoms with Gasteiger partial charge in [-0.05, 0) is 23.5 Å². The van der Waals surface area contributed by atoms with Gasteiger partial charge in [0.2, 0.25) is 11.8 Å². The molecule has 2 rings (SSSR count). The van der Waals surface area contributed by atoms with Gasteiger partial charge in [0.15, 0.2) is 0 Å². The van der Waals surface area contributed by atoms with E-state index in [1.54, 1.807) is 16.7 Å². The third kappa shape index (κ3) is 8.23. The smallest absolute Gasteiger partial charge is 0.242 e. The van der Waals surface area contributed by atoms with Crippen molar-refractivity contribution in [3.05, 3.63) is 71.8 Å². The summed E-state index contributed by atoms with van der Waals surface area (Å²) < 4.78 is 0. The van der Waals surface area contributed by atoms with Gasteiger partial charge in [0.1, 0.15) is 6.04 Å². The molecule has 0 fully saturated rings. The number of thioether (sulfide) groups is 1. The van der Waals surface area contributed by atoms with Gasteiger partial charge in [0, 0.05) is 31.0 Å². The molecule has 0 radical (unpaired) electrons. The molecule has 162 valence electrons. The number of hydrogen-bond acceptors (Lipinski definition) is 3. The lowest BCUT2D eigenvalue weighted by Crippen LogP contribution is -2.49. The fourth-order valence-electron chi connectivity index (χ4n) is 3.19. The second-order valence-corrected chi connectivity index (χ2v) is 8.96. The van der Waals surface area contributed by atoms with Gasteiger partial charge in [-0.3, -0.25) is 9.59 Å². The van der Waals surface area contributed by atoms with Gasteiger partial charge in [-0.15, -0.1) is 0 Å². The largest absolute Gasteiger partial charge is 0.354 e. The maximum absolute atomic E-state index is 13.1. The number of nitrogens with zero attached hydrogens (tertiary/aromatic N) is 1. The lowest BCUT2D eigenvalue weighted by atomic mass is 10.1. The third-order valence-corrected chi connectivity index (χ3v) is 5.87. The first kappa shape index (κ1) is 24.0. The van der Waals surface area contributed by atoms with E-state index in [9.17, 15) is 9.59 Å². The van der Waals surface area contributed by atoms with Crippen LogP contribution in [0, 0.1) is 5.92 Å². The van der Waals surface area contributed by atoms with Crippen LogP contribution in [0.1, 0.15) is 44.7 Å². The van der Waals surface area contributed by atoms with E-state index in [0.717, 1.165) is 17.1 Å². The summed E-state index contributed by atoms with van der Waals surface area (Å²) in [6.45, 7) is 7.18. The van der Waals surface area contributed by atoms with Crippen LogP contribution in [0.4, 0.5) is 0 Å². The molecule has 0 aliphatic carbocycles. The van der Waals surface area contributed by atoms with Crippen molar-refractivity contribution >= 4 is 23.6 Å². The molecular formula is C25H34N2O2S. The van der Waals surface area contributed by atoms with Gasteiger partial charge in [-0.25, -0.2) is 0 Å².